The van der Waals surface area contributed by atoms with Gasteiger partial charge in [0.2, 0.25) is 0 Å². The molecule has 1 atom stereocenters. The number of alkyl halides is 5. The number of hydrogen-bond donors (Lipinski definition) is 2. The zero-order chi connectivity index (χ0) is 28.6. The van der Waals surface area contributed by atoms with Crippen LogP contribution in [-0.4, -0.2) is 37.2 Å². The maximum atomic E-state index is 15.0. The normalized spacial score (nSPS) is 12.6. The Kier molecular flexibility index (Phi) is 6.98. The highest BCUT2D eigenvalue weighted by Crippen LogP contribution is 2.38. The number of nitrogens with one attached hydrogen (secondary N) is 1. The summed E-state index contributed by atoms with van der Waals surface area (Å²) in [6.45, 7) is 0. The molecule has 3 aromatic carbocycles. The van der Waals surface area contributed by atoms with Gasteiger partial charge in [-0.3, -0.25) is 4.79 Å². The van der Waals surface area contributed by atoms with E-state index in [9.17, 15) is 31.9 Å². The van der Waals surface area contributed by atoms with Crippen molar-refractivity contribution in [3.8, 4) is 17.1 Å². The standard InChI is InChI=1S/C27H17F6N5O2/c28-20-13-19(27(31,32)33)16(24-34-9-4-10-35-24)12-17(20)26(40)36-25-18-11-14(22(39)23(29)30)7-8-21(18)37-38(25)15-5-2-1-3-6-15/h1-13,22-23,39H,(H,36,40)/t22-/m0/s1. The van der Waals surface area contributed by atoms with Gasteiger partial charge in [0.15, 0.2) is 5.82 Å². The number of benzene rings is 3. The summed E-state index contributed by atoms with van der Waals surface area (Å²) in [5.74, 6) is -3.09. The molecule has 1 amide bonds. The number of fused-ring (bicyclic) bond motifs is 1. The molecule has 0 radical (unpaired) electrons. The Bertz CT molecular complexity index is 1690. The number of aliphatic hydroxyl groups is 1. The van der Waals surface area contributed by atoms with Crippen molar-refractivity contribution in [2.24, 2.45) is 0 Å². The van der Waals surface area contributed by atoms with Crippen LogP contribution in [0, 0.1) is 5.82 Å². The van der Waals surface area contributed by atoms with Gasteiger partial charge in [-0.1, -0.05) is 24.3 Å². The number of para-hydroxylation sites is 1. The molecule has 0 unspecified atom stereocenters. The lowest BCUT2D eigenvalue weighted by Gasteiger charge is -2.15. The van der Waals surface area contributed by atoms with Crippen molar-refractivity contribution in [1.82, 2.24) is 19.7 Å². The number of nitrogens with zero attached hydrogens (tertiary/aromatic N) is 4. The molecule has 0 fully saturated rings. The zero-order valence-electron chi connectivity index (χ0n) is 20.1. The van der Waals surface area contributed by atoms with Crippen molar-refractivity contribution in [2.75, 3.05) is 5.32 Å². The first-order chi connectivity index (χ1) is 19.0. The SMILES string of the molecule is O=C(Nc1c2cc([C@H](O)C(F)F)ccc2nn1-c1ccccc1)c1cc(-c2ncccn2)c(C(F)(F)F)cc1F. The molecule has 0 bridgehead atoms. The second kappa shape index (κ2) is 10.4. The molecular formula is C27H17F6N5O2. The number of amides is 1. The molecule has 5 aromatic rings. The smallest absolute Gasteiger partial charge is 0.382 e. The van der Waals surface area contributed by atoms with Gasteiger partial charge in [0.25, 0.3) is 12.3 Å². The van der Waals surface area contributed by atoms with Gasteiger partial charge in [0.05, 0.1) is 22.3 Å². The fourth-order valence-electron chi connectivity index (χ4n) is 4.09. The Morgan fingerprint density at radius 2 is 1.65 bits per heavy atom. The molecular weight excluding hydrogens is 540 g/mol. The minimum atomic E-state index is -4.98. The average Bonchev–Trinajstić information content (AvgIpc) is 3.30. The van der Waals surface area contributed by atoms with Crippen molar-refractivity contribution in [1.29, 1.82) is 0 Å². The molecule has 13 heteroatoms. The van der Waals surface area contributed by atoms with Crippen LogP contribution in [0.1, 0.15) is 27.6 Å². The Hall–Kier alpha value is -4.78. The molecule has 2 N–H and O–H groups in total. The van der Waals surface area contributed by atoms with Crippen molar-refractivity contribution < 1.29 is 36.2 Å². The predicted molar refractivity (Wildman–Crippen MR) is 132 cm³/mol. The Morgan fingerprint density at radius 1 is 0.950 bits per heavy atom. The summed E-state index contributed by atoms with van der Waals surface area (Å²) in [5.41, 5.74) is -2.27. The highest BCUT2D eigenvalue weighted by Gasteiger charge is 2.36. The maximum absolute atomic E-state index is 15.0. The molecule has 40 heavy (non-hydrogen) atoms. The molecule has 0 aliphatic rings. The van der Waals surface area contributed by atoms with E-state index in [1.54, 1.807) is 30.3 Å². The van der Waals surface area contributed by atoms with Gasteiger partial charge in [-0.15, -0.1) is 0 Å². The van der Waals surface area contributed by atoms with Crippen molar-refractivity contribution in [2.45, 2.75) is 18.7 Å². The van der Waals surface area contributed by atoms with E-state index < -0.39 is 47.1 Å². The summed E-state index contributed by atoms with van der Waals surface area (Å²) >= 11 is 0. The molecule has 2 heterocycles. The number of rotatable bonds is 6. The summed E-state index contributed by atoms with van der Waals surface area (Å²) < 4.78 is 83.8. The van der Waals surface area contributed by atoms with E-state index in [4.69, 9.17) is 0 Å². The topological polar surface area (TPSA) is 92.9 Å². The quantitative estimate of drug-likeness (QED) is 0.243. The van der Waals surface area contributed by atoms with Gasteiger partial charge in [0, 0.05) is 23.3 Å². The highest BCUT2D eigenvalue weighted by atomic mass is 19.4. The van der Waals surface area contributed by atoms with E-state index in [1.165, 1.54) is 41.3 Å². The first kappa shape index (κ1) is 26.8. The number of hydrogen-bond acceptors (Lipinski definition) is 5. The summed E-state index contributed by atoms with van der Waals surface area (Å²) in [6, 6.07) is 14.4. The number of halogens is 6. The Balaban J connectivity index is 1.65. The van der Waals surface area contributed by atoms with Crippen LogP contribution in [0.3, 0.4) is 0 Å². The minimum Gasteiger partial charge on any atom is -0.382 e. The van der Waals surface area contributed by atoms with E-state index >= 15 is 4.39 Å². The Morgan fingerprint density at radius 3 is 2.30 bits per heavy atom. The minimum absolute atomic E-state index is 0.0914. The fraction of sp³-hybridized carbons (Fsp3) is 0.111. The summed E-state index contributed by atoms with van der Waals surface area (Å²) in [7, 11) is 0. The second-order valence-corrected chi connectivity index (χ2v) is 8.55. The van der Waals surface area contributed by atoms with Gasteiger partial charge in [0.1, 0.15) is 17.7 Å². The Labute approximate surface area is 221 Å². The first-order valence-corrected chi connectivity index (χ1v) is 11.6. The molecule has 0 saturated carbocycles. The first-order valence-electron chi connectivity index (χ1n) is 11.6. The predicted octanol–water partition coefficient (Wildman–Crippen LogP) is 6.19. The molecule has 204 valence electrons. The van der Waals surface area contributed by atoms with Crippen LogP contribution in [-0.2, 0) is 6.18 Å². The van der Waals surface area contributed by atoms with E-state index in [-0.39, 0.29) is 34.2 Å². The molecule has 2 aromatic heterocycles. The van der Waals surface area contributed by atoms with Gasteiger partial charge >= 0.3 is 6.18 Å². The zero-order valence-corrected chi connectivity index (χ0v) is 20.1. The van der Waals surface area contributed by atoms with Gasteiger partial charge < -0.3 is 10.4 Å². The van der Waals surface area contributed by atoms with Crippen molar-refractivity contribution in [3.63, 3.8) is 0 Å². The monoisotopic (exact) mass is 557 g/mol. The third kappa shape index (κ3) is 5.10. The summed E-state index contributed by atoms with van der Waals surface area (Å²) in [5, 5.41) is 16.8. The molecule has 0 saturated heterocycles. The van der Waals surface area contributed by atoms with Crippen molar-refractivity contribution in [3.05, 3.63) is 102 Å². The van der Waals surface area contributed by atoms with Crippen LogP contribution in [0.4, 0.5) is 32.2 Å². The third-order valence-electron chi connectivity index (χ3n) is 5.97. The van der Waals surface area contributed by atoms with Crippen LogP contribution >= 0.6 is 0 Å². The maximum Gasteiger partial charge on any atom is 0.417 e. The van der Waals surface area contributed by atoms with Crippen LogP contribution in [0.5, 0.6) is 0 Å². The number of aliphatic hydroxyl groups excluding tert-OH is 1. The molecule has 0 aliphatic heterocycles. The lowest BCUT2D eigenvalue weighted by atomic mass is 10.0. The molecule has 7 nitrogen and oxygen atoms in total. The third-order valence-corrected chi connectivity index (χ3v) is 5.97. The lowest BCUT2D eigenvalue weighted by Crippen LogP contribution is -2.19. The van der Waals surface area contributed by atoms with Crippen LogP contribution in [0.25, 0.3) is 28.0 Å². The van der Waals surface area contributed by atoms with Crippen molar-refractivity contribution >= 4 is 22.6 Å². The number of aromatic nitrogens is 4. The van der Waals surface area contributed by atoms with Crippen LogP contribution in [0.15, 0.2) is 79.1 Å². The fourth-order valence-corrected chi connectivity index (χ4v) is 4.09. The van der Waals surface area contributed by atoms with E-state index in [2.05, 4.69) is 20.4 Å². The van der Waals surface area contributed by atoms with Gasteiger partial charge in [-0.25, -0.2) is 27.8 Å². The number of carbonyl (C=O) groups is 1. The number of carbonyl (C=O) groups excluding carboxylic acids is 1. The van der Waals surface area contributed by atoms with Crippen LogP contribution < -0.4 is 5.32 Å². The van der Waals surface area contributed by atoms with Crippen LogP contribution in [0.2, 0.25) is 0 Å². The molecule has 0 aliphatic carbocycles. The second-order valence-electron chi connectivity index (χ2n) is 8.55. The molecule has 5 rings (SSSR count). The molecule has 0 spiro atoms. The summed E-state index contributed by atoms with van der Waals surface area (Å²) in [6.07, 6.45) is -7.81. The highest BCUT2D eigenvalue weighted by molar-refractivity contribution is 6.09. The number of anilines is 1. The van der Waals surface area contributed by atoms with E-state index in [1.807, 2.05) is 0 Å². The van der Waals surface area contributed by atoms with E-state index in [0.717, 1.165) is 0 Å². The average molecular weight is 557 g/mol. The van der Waals surface area contributed by atoms with Gasteiger partial charge in [-0.05, 0) is 48.0 Å². The van der Waals surface area contributed by atoms with Gasteiger partial charge in [-0.2, -0.15) is 18.3 Å². The lowest BCUT2D eigenvalue weighted by molar-refractivity contribution is -0.137. The summed E-state index contributed by atoms with van der Waals surface area (Å²) in [4.78, 5) is 20.9. The largest absolute Gasteiger partial charge is 0.417 e. The van der Waals surface area contributed by atoms with E-state index in [0.29, 0.717) is 11.8 Å².